The van der Waals surface area contributed by atoms with Crippen LogP contribution < -0.4 is 19.6 Å². The number of allylic oxidation sites excluding steroid dienone is 1. The first-order chi connectivity index (χ1) is 15.4. The van der Waals surface area contributed by atoms with Crippen LogP contribution in [0.1, 0.15) is 30.0 Å². The van der Waals surface area contributed by atoms with Crippen molar-refractivity contribution < 1.29 is 18.7 Å². The van der Waals surface area contributed by atoms with Crippen LogP contribution in [0.4, 0.5) is 0 Å². The number of carbonyl (C=O) groups is 1. The average Bonchev–Trinajstić information content (AvgIpc) is 3.33. The molecule has 0 saturated carbocycles. The molecule has 0 spiro atoms. The predicted molar refractivity (Wildman–Crippen MR) is 121 cm³/mol. The van der Waals surface area contributed by atoms with Crippen LogP contribution in [0.25, 0.3) is 6.08 Å². The van der Waals surface area contributed by atoms with Crippen LogP contribution in [0.15, 0.2) is 74.5 Å². The zero-order valence-electron chi connectivity index (χ0n) is 18.0. The lowest BCUT2D eigenvalue weighted by molar-refractivity contribution is -0.138. The molecule has 0 bridgehead atoms. The third kappa shape index (κ3) is 3.97. The minimum absolute atomic E-state index is 0.0627. The van der Waals surface area contributed by atoms with Crippen molar-refractivity contribution in [1.29, 1.82) is 0 Å². The van der Waals surface area contributed by atoms with Crippen molar-refractivity contribution in [3.63, 3.8) is 0 Å². The molecule has 32 heavy (non-hydrogen) atoms. The van der Waals surface area contributed by atoms with Crippen molar-refractivity contribution in [1.82, 2.24) is 4.57 Å². The van der Waals surface area contributed by atoms with Crippen molar-refractivity contribution >= 4 is 23.4 Å². The highest BCUT2D eigenvalue weighted by atomic mass is 32.1. The first kappa shape index (κ1) is 21.6. The first-order valence-electron chi connectivity index (χ1n) is 9.94. The van der Waals surface area contributed by atoms with Crippen LogP contribution in [0.5, 0.6) is 5.75 Å². The molecular formula is C24H22N2O5S. The molecule has 3 heterocycles. The van der Waals surface area contributed by atoms with Gasteiger partial charge in [-0.3, -0.25) is 9.36 Å². The lowest BCUT2D eigenvalue weighted by Crippen LogP contribution is -2.39. The fourth-order valence-corrected chi connectivity index (χ4v) is 4.58. The Hall–Kier alpha value is -3.65. The van der Waals surface area contributed by atoms with Crippen LogP contribution in [0.2, 0.25) is 0 Å². The van der Waals surface area contributed by atoms with E-state index in [2.05, 4.69) is 11.6 Å². The van der Waals surface area contributed by atoms with E-state index in [1.54, 1.807) is 38.3 Å². The number of benzene rings is 1. The highest BCUT2D eigenvalue weighted by Gasteiger charge is 2.33. The molecule has 1 aliphatic rings. The number of aromatic nitrogens is 1. The molecule has 1 aliphatic heterocycles. The first-order valence-corrected chi connectivity index (χ1v) is 10.8. The summed E-state index contributed by atoms with van der Waals surface area (Å²) in [5.41, 5.74) is 1.30. The number of rotatable bonds is 6. The Labute approximate surface area is 188 Å². The van der Waals surface area contributed by atoms with E-state index in [0.717, 1.165) is 11.3 Å². The van der Waals surface area contributed by atoms with Gasteiger partial charge >= 0.3 is 5.97 Å². The fourth-order valence-electron chi connectivity index (χ4n) is 3.56. The number of ether oxygens (including phenoxy) is 2. The summed E-state index contributed by atoms with van der Waals surface area (Å²) in [5, 5.41) is 0. The molecule has 4 rings (SSSR count). The summed E-state index contributed by atoms with van der Waals surface area (Å²) in [6.07, 6.45) is 3.19. The predicted octanol–water partition coefficient (Wildman–Crippen LogP) is 2.87. The number of furan rings is 1. The Balaban J connectivity index is 1.92. The summed E-state index contributed by atoms with van der Waals surface area (Å²) in [7, 11) is 1.58. The van der Waals surface area contributed by atoms with Gasteiger partial charge in [0.25, 0.3) is 5.56 Å². The molecule has 0 aliphatic carbocycles. The fraction of sp³-hybridized carbons (Fsp3) is 0.208. The van der Waals surface area contributed by atoms with E-state index in [1.165, 1.54) is 22.0 Å². The smallest absolute Gasteiger partial charge is 0.338 e. The van der Waals surface area contributed by atoms with E-state index in [1.807, 2.05) is 25.1 Å². The van der Waals surface area contributed by atoms with Crippen molar-refractivity contribution in [2.75, 3.05) is 13.7 Å². The summed E-state index contributed by atoms with van der Waals surface area (Å²) in [6.45, 7) is 7.24. The largest absolute Gasteiger partial charge is 0.497 e. The Morgan fingerprint density at radius 2 is 2.00 bits per heavy atom. The van der Waals surface area contributed by atoms with Gasteiger partial charge in [-0.05, 0) is 43.7 Å². The second-order valence-corrected chi connectivity index (χ2v) is 8.20. The third-order valence-corrected chi connectivity index (χ3v) is 6.02. The maximum absolute atomic E-state index is 13.4. The molecule has 2 aromatic heterocycles. The molecule has 1 unspecified atom stereocenters. The third-order valence-electron chi connectivity index (χ3n) is 5.04. The number of carbonyl (C=O) groups excluding carboxylic acids is 1. The SMILES string of the molecule is C=CCOC(=O)C1=C(C)N=c2s/c(=C/c3ccc(C)o3)c(=O)n2C1c1ccc(OC)cc1. The summed E-state index contributed by atoms with van der Waals surface area (Å²) in [6, 6.07) is 10.2. The van der Waals surface area contributed by atoms with Gasteiger partial charge in [-0.15, -0.1) is 0 Å². The van der Waals surface area contributed by atoms with Crippen molar-refractivity contribution in [2.24, 2.45) is 4.99 Å². The van der Waals surface area contributed by atoms with Crippen LogP contribution in [0.3, 0.4) is 0 Å². The second kappa shape index (κ2) is 8.84. The van der Waals surface area contributed by atoms with Crippen molar-refractivity contribution in [3.8, 4) is 5.75 Å². The van der Waals surface area contributed by atoms with Crippen LogP contribution in [-0.2, 0) is 9.53 Å². The Bertz CT molecular complexity index is 1390. The molecule has 0 radical (unpaired) electrons. The van der Waals surface area contributed by atoms with Crippen LogP contribution >= 0.6 is 11.3 Å². The minimum Gasteiger partial charge on any atom is -0.497 e. The van der Waals surface area contributed by atoms with Gasteiger partial charge in [0, 0.05) is 6.08 Å². The molecule has 164 valence electrons. The average molecular weight is 451 g/mol. The molecule has 3 aromatic rings. The number of aryl methyl sites for hydroxylation is 1. The molecule has 0 saturated heterocycles. The summed E-state index contributed by atoms with van der Waals surface area (Å²) in [4.78, 5) is 31.5. The van der Waals surface area contributed by atoms with Crippen LogP contribution in [0, 0.1) is 6.92 Å². The van der Waals surface area contributed by atoms with Gasteiger partial charge in [-0.1, -0.05) is 36.1 Å². The normalized spacial score (nSPS) is 15.8. The quantitative estimate of drug-likeness (QED) is 0.426. The van der Waals surface area contributed by atoms with Gasteiger partial charge in [0.1, 0.15) is 23.9 Å². The van der Waals surface area contributed by atoms with Gasteiger partial charge in [0.05, 0.1) is 29.0 Å². The van der Waals surface area contributed by atoms with Crippen molar-refractivity contribution in [3.05, 3.63) is 97.1 Å². The van der Waals surface area contributed by atoms with E-state index in [-0.39, 0.29) is 12.2 Å². The Morgan fingerprint density at radius 3 is 2.62 bits per heavy atom. The second-order valence-electron chi connectivity index (χ2n) is 7.19. The number of hydrogen-bond donors (Lipinski definition) is 0. The molecule has 0 fully saturated rings. The molecule has 1 aromatic carbocycles. The highest BCUT2D eigenvalue weighted by Crippen LogP contribution is 2.31. The highest BCUT2D eigenvalue weighted by molar-refractivity contribution is 7.07. The lowest BCUT2D eigenvalue weighted by Gasteiger charge is -2.24. The number of hydrogen-bond acceptors (Lipinski definition) is 7. The van der Waals surface area contributed by atoms with E-state index < -0.39 is 12.0 Å². The minimum atomic E-state index is -0.685. The van der Waals surface area contributed by atoms with E-state index in [4.69, 9.17) is 13.9 Å². The molecule has 7 nitrogen and oxygen atoms in total. The monoisotopic (exact) mass is 450 g/mol. The summed E-state index contributed by atoms with van der Waals surface area (Å²) >= 11 is 1.25. The number of methoxy groups -OCH3 is 1. The number of thiazole rings is 1. The molecular weight excluding hydrogens is 428 g/mol. The topological polar surface area (TPSA) is 83.0 Å². The molecule has 8 heteroatoms. The zero-order valence-corrected chi connectivity index (χ0v) is 18.8. The van der Waals surface area contributed by atoms with Gasteiger partial charge < -0.3 is 13.9 Å². The van der Waals surface area contributed by atoms with Gasteiger partial charge in [-0.2, -0.15) is 0 Å². The van der Waals surface area contributed by atoms with Gasteiger partial charge in [0.2, 0.25) is 0 Å². The molecule has 1 atom stereocenters. The summed E-state index contributed by atoms with van der Waals surface area (Å²) in [5.74, 6) is 1.46. The maximum Gasteiger partial charge on any atom is 0.338 e. The number of nitrogens with zero attached hydrogens (tertiary/aromatic N) is 2. The number of fused-ring (bicyclic) bond motifs is 1. The molecule has 0 N–H and O–H groups in total. The van der Waals surface area contributed by atoms with Gasteiger partial charge in [0.15, 0.2) is 4.80 Å². The van der Waals surface area contributed by atoms with Crippen LogP contribution in [-0.4, -0.2) is 24.3 Å². The molecule has 0 amide bonds. The van der Waals surface area contributed by atoms with E-state index >= 15 is 0 Å². The maximum atomic E-state index is 13.4. The lowest BCUT2D eigenvalue weighted by atomic mass is 9.96. The van der Waals surface area contributed by atoms with E-state index in [9.17, 15) is 9.59 Å². The zero-order chi connectivity index (χ0) is 22.8. The van der Waals surface area contributed by atoms with Gasteiger partial charge in [-0.25, -0.2) is 9.79 Å². The number of esters is 1. The van der Waals surface area contributed by atoms with E-state index in [0.29, 0.717) is 32.1 Å². The summed E-state index contributed by atoms with van der Waals surface area (Å²) < 4.78 is 18.2. The Morgan fingerprint density at radius 1 is 1.25 bits per heavy atom. The Kier molecular flexibility index (Phi) is 5.96. The standard InChI is InChI=1S/C24H22N2O5S/c1-5-12-30-23(28)20-15(3)25-24-26(21(20)16-7-10-17(29-4)11-8-16)22(27)19(32-24)13-18-9-6-14(2)31-18/h5-11,13,21H,1,12H2,2-4H3/b19-13+. The van der Waals surface area contributed by atoms with Crippen molar-refractivity contribution in [2.45, 2.75) is 19.9 Å².